The van der Waals surface area contributed by atoms with Crippen molar-refractivity contribution in [3.63, 3.8) is 0 Å². The summed E-state index contributed by atoms with van der Waals surface area (Å²) in [6.07, 6.45) is 3.36. The molecule has 0 heterocycles. The molecule has 17 heavy (non-hydrogen) atoms. The lowest BCUT2D eigenvalue weighted by Gasteiger charge is -2.02. The maximum Gasteiger partial charge on any atom is 0.273 e. The molecule has 0 unspecified atom stereocenters. The summed E-state index contributed by atoms with van der Waals surface area (Å²) in [7, 11) is 0. The van der Waals surface area contributed by atoms with Crippen molar-refractivity contribution >= 4 is 17.4 Å². The number of carbonyl (C=O) groups is 1. The molecular weight excluding hydrogens is 214 g/mol. The Hall–Kier alpha value is -2.10. The number of fused-ring (bicyclic) bond motifs is 1. The number of benzene rings is 1. The molecule has 0 spiro atoms. The van der Waals surface area contributed by atoms with Crippen LogP contribution in [-0.2, 0) is 11.2 Å². The van der Waals surface area contributed by atoms with E-state index in [0.717, 1.165) is 24.0 Å². The van der Waals surface area contributed by atoms with E-state index in [9.17, 15) is 4.79 Å². The van der Waals surface area contributed by atoms with Crippen LogP contribution in [0.4, 0.5) is 0 Å². The van der Waals surface area contributed by atoms with Crippen molar-refractivity contribution in [1.29, 1.82) is 0 Å². The quantitative estimate of drug-likeness (QED) is 0.430. The first kappa shape index (κ1) is 11.4. The van der Waals surface area contributed by atoms with E-state index in [4.69, 9.17) is 11.5 Å². The lowest BCUT2D eigenvalue weighted by molar-refractivity contribution is -0.113. The number of nitrogens with zero attached hydrogens (tertiary/aromatic N) is 1. The van der Waals surface area contributed by atoms with Crippen molar-refractivity contribution in [2.24, 2.45) is 16.5 Å². The molecule has 0 bridgehead atoms. The van der Waals surface area contributed by atoms with Crippen LogP contribution in [0.15, 0.2) is 29.3 Å². The number of aliphatic imine (C=N–C) groups is 1. The molecule has 4 N–H and O–H groups in total. The predicted octanol–water partition coefficient (Wildman–Crippen LogP) is 1.12. The van der Waals surface area contributed by atoms with Gasteiger partial charge in [-0.15, -0.1) is 0 Å². The molecule has 1 aromatic carbocycles. The molecule has 0 aromatic heterocycles. The van der Waals surface area contributed by atoms with Gasteiger partial charge in [0.25, 0.3) is 5.91 Å². The highest BCUT2D eigenvalue weighted by Crippen LogP contribution is 2.33. The van der Waals surface area contributed by atoms with E-state index in [2.05, 4.69) is 18.0 Å². The fourth-order valence-corrected chi connectivity index (χ4v) is 2.19. The molecule has 0 aliphatic heterocycles. The zero-order chi connectivity index (χ0) is 12.4. The van der Waals surface area contributed by atoms with Crippen LogP contribution in [0.2, 0.25) is 0 Å². The molecule has 1 aliphatic rings. The Bertz CT molecular complexity index is 525. The highest BCUT2D eigenvalue weighted by Gasteiger charge is 2.18. The summed E-state index contributed by atoms with van der Waals surface area (Å²) < 4.78 is 0. The Kier molecular flexibility index (Phi) is 2.95. The molecule has 1 aliphatic carbocycles. The third kappa shape index (κ3) is 2.36. The molecule has 0 atom stereocenters. The first-order chi connectivity index (χ1) is 8.08. The van der Waals surface area contributed by atoms with Crippen LogP contribution >= 0.6 is 0 Å². The molecule has 4 nitrogen and oxygen atoms in total. The molecule has 0 saturated carbocycles. The Morgan fingerprint density at radius 1 is 1.35 bits per heavy atom. The van der Waals surface area contributed by atoms with Gasteiger partial charge in [-0.25, -0.2) is 0 Å². The van der Waals surface area contributed by atoms with Crippen LogP contribution in [0.3, 0.4) is 0 Å². The predicted molar refractivity (Wildman–Crippen MR) is 68.3 cm³/mol. The summed E-state index contributed by atoms with van der Waals surface area (Å²) in [5.74, 6) is -0.594. The van der Waals surface area contributed by atoms with Gasteiger partial charge >= 0.3 is 0 Å². The lowest BCUT2D eigenvalue weighted by Crippen LogP contribution is -2.23. The average molecular weight is 229 g/mol. The summed E-state index contributed by atoms with van der Waals surface area (Å²) >= 11 is 0. The number of allylic oxidation sites excluding steroid dienone is 1. The number of guanidine groups is 1. The van der Waals surface area contributed by atoms with Gasteiger partial charge in [0.15, 0.2) is 5.96 Å². The van der Waals surface area contributed by atoms with E-state index < -0.39 is 5.91 Å². The van der Waals surface area contributed by atoms with Crippen molar-refractivity contribution < 1.29 is 4.79 Å². The molecule has 4 heteroatoms. The summed E-state index contributed by atoms with van der Waals surface area (Å²) in [5, 5.41) is 0. The van der Waals surface area contributed by atoms with Gasteiger partial charge in [-0.3, -0.25) is 4.79 Å². The summed E-state index contributed by atoms with van der Waals surface area (Å²) in [5.41, 5.74) is 15.1. The normalized spacial score (nSPS) is 15.7. The third-order valence-corrected chi connectivity index (χ3v) is 2.94. The van der Waals surface area contributed by atoms with Crippen molar-refractivity contribution in [2.75, 3.05) is 0 Å². The molecular formula is C13H15N3O. The molecule has 1 aromatic rings. The first-order valence-electron chi connectivity index (χ1n) is 5.51. The van der Waals surface area contributed by atoms with E-state index in [0.29, 0.717) is 0 Å². The van der Waals surface area contributed by atoms with Crippen molar-refractivity contribution in [3.8, 4) is 0 Å². The van der Waals surface area contributed by atoms with E-state index in [1.807, 2.05) is 12.1 Å². The summed E-state index contributed by atoms with van der Waals surface area (Å²) in [6, 6.07) is 6.11. The molecule has 2 rings (SSSR count). The lowest BCUT2D eigenvalue weighted by atomic mass is 10.0. The minimum atomic E-state index is -0.394. The Balaban J connectivity index is 2.34. The van der Waals surface area contributed by atoms with Gasteiger partial charge in [0, 0.05) is 6.08 Å². The second-order valence-electron chi connectivity index (χ2n) is 4.15. The first-order valence-corrected chi connectivity index (χ1v) is 5.51. The summed E-state index contributed by atoms with van der Waals surface area (Å²) in [6.45, 7) is 2.08. The third-order valence-electron chi connectivity index (χ3n) is 2.94. The number of nitrogens with two attached hydrogens (primary N) is 2. The monoisotopic (exact) mass is 229 g/mol. The minimum Gasteiger partial charge on any atom is -0.370 e. The zero-order valence-corrected chi connectivity index (χ0v) is 9.73. The second-order valence-corrected chi connectivity index (χ2v) is 4.15. The second kappa shape index (κ2) is 4.41. The fraction of sp³-hybridized carbons (Fsp3) is 0.231. The summed E-state index contributed by atoms with van der Waals surface area (Å²) in [4.78, 5) is 15.0. The van der Waals surface area contributed by atoms with Crippen molar-refractivity contribution in [3.05, 3.63) is 41.0 Å². The Morgan fingerprint density at radius 2 is 2.12 bits per heavy atom. The highest BCUT2D eigenvalue weighted by atomic mass is 16.1. The van der Waals surface area contributed by atoms with Crippen LogP contribution in [0.1, 0.15) is 23.1 Å². The Labute approximate surface area is 100 Å². The van der Waals surface area contributed by atoms with Crippen LogP contribution in [-0.4, -0.2) is 11.9 Å². The van der Waals surface area contributed by atoms with Crippen LogP contribution in [0.5, 0.6) is 0 Å². The topological polar surface area (TPSA) is 81.5 Å². The molecule has 1 amide bonds. The average Bonchev–Trinajstić information content (AvgIpc) is 2.62. The van der Waals surface area contributed by atoms with E-state index >= 15 is 0 Å². The fourth-order valence-electron chi connectivity index (χ4n) is 2.19. The van der Waals surface area contributed by atoms with Crippen LogP contribution in [0.25, 0.3) is 5.57 Å². The highest BCUT2D eigenvalue weighted by molar-refractivity contribution is 6.02. The number of hydrogen-bond acceptors (Lipinski definition) is 1. The zero-order valence-electron chi connectivity index (χ0n) is 9.73. The number of hydrogen-bond donors (Lipinski definition) is 2. The van der Waals surface area contributed by atoms with E-state index in [1.165, 1.54) is 17.2 Å². The largest absolute Gasteiger partial charge is 0.370 e. The van der Waals surface area contributed by atoms with Crippen LogP contribution in [0, 0.1) is 6.92 Å². The van der Waals surface area contributed by atoms with Gasteiger partial charge in [-0.2, -0.15) is 4.99 Å². The van der Waals surface area contributed by atoms with E-state index in [1.54, 1.807) is 0 Å². The molecule has 0 fully saturated rings. The number of amides is 1. The smallest absolute Gasteiger partial charge is 0.273 e. The van der Waals surface area contributed by atoms with Gasteiger partial charge in [0.1, 0.15) is 0 Å². The van der Waals surface area contributed by atoms with Crippen LogP contribution < -0.4 is 11.5 Å². The maximum atomic E-state index is 11.5. The number of rotatable bonds is 1. The van der Waals surface area contributed by atoms with Gasteiger partial charge < -0.3 is 11.5 Å². The van der Waals surface area contributed by atoms with Gasteiger partial charge in [0.2, 0.25) is 0 Å². The number of carbonyl (C=O) groups excluding carboxylic acids is 1. The standard InChI is InChI=1S/C13H15N3O/c1-8-3-2-4-11-9(5-6-10(8)11)7-12(17)16-13(14)15/h2-4,7H,5-6H2,1H3,(H4,14,15,16,17)/b9-7+. The van der Waals surface area contributed by atoms with Gasteiger partial charge in [0.05, 0.1) is 0 Å². The molecule has 0 radical (unpaired) electrons. The van der Waals surface area contributed by atoms with E-state index in [-0.39, 0.29) is 5.96 Å². The molecule has 0 saturated heterocycles. The van der Waals surface area contributed by atoms with Gasteiger partial charge in [-0.1, -0.05) is 18.2 Å². The van der Waals surface area contributed by atoms with Crippen molar-refractivity contribution in [1.82, 2.24) is 0 Å². The van der Waals surface area contributed by atoms with Crippen molar-refractivity contribution in [2.45, 2.75) is 19.8 Å². The maximum absolute atomic E-state index is 11.5. The molecule has 88 valence electrons. The Morgan fingerprint density at radius 3 is 2.82 bits per heavy atom. The minimum absolute atomic E-state index is 0.200. The number of aryl methyl sites for hydroxylation is 1. The SMILES string of the molecule is Cc1cccc2c1CC/C2=C\C(=O)N=C(N)N. The van der Waals surface area contributed by atoms with Gasteiger partial charge in [-0.05, 0) is 42.0 Å².